The van der Waals surface area contributed by atoms with Crippen molar-refractivity contribution in [3.8, 4) is 11.8 Å². The minimum absolute atomic E-state index is 0.0792. The van der Waals surface area contributed by atoms with Gasteiger partial charge in [-0.05, 0) is 40.1 Å². The van der Waals surface area contributed by atoms with Gasteiger partial charge >= 0.3 is 0 Å². The molecule has 122 valence electrons. The molecule has 0 aliphatic heterocycles. The van der Waals surface area contributed by atoms with Gasteiger partial charge in [-0.1, -0.05) is 54.6 Å². The summed E-state index contributed by atoms with van der Waals surface area (Å²) >= 11 is 0. The molecular formula is C21H16N2O2. The summed E-state index contributed by atoms with van der Waals surface area (Å²) in [5.74, 6) is -0.0264. The molecule has 4 heteroatoms. The summed E-state index contributed by atoms with van der Waals surface area (Å²) in [6, 6.07) is 23.3. The first-order valence-corrected chi connectivity index (χ1v) is 7.78. The molecule has 3 rings (SSSR count). The van der Waals surface area contributed by atoms with Gasteiger partial charge in [0.25, 0.3) is 5.91 Å². The van der Waals surface area contributed by atoms with Gasteiger partial charge in [0, 0.05) is 0 Å². The quantitative estimate of drug-likeness (QED) is 0.571. The molecule has 0 atom stereocenters. The summed E-state index contributed by atoms with van der Waals surface area (Å²) < 4.78 is 5.86. The van der Waals surface area contributed by atoms with E-state index in [0.29, 0.717) is 17.9 Å². The highest BCUT2D eigenvalue weighted by molar-refractivity contribution is 6.00. The fourth-order valence-electron chi connectivity index (χ4n) is 2.56. The Balaban J connectivity index is 1.74. The molecule has 0 radical (unpaired) electrons. The number of amides is 1. The van der Waals surface area contributed by atoms with Crippen LogP contribution in [0.15, 0.2) is 72.3 Å². The normalized spacial score (nSPS) is 11.1. The molecular weight excluding hydrogens is 312 g/mol. The number of carbonyl (C=O) groups excluding carboxylic acids is 1. The van der Waals surface area contributed by atoms with E-state index in [1.54, 1.807) is 30.3 Å². The number of benzene rings is 3. The molecule has 0 spiro atoms. The highest BCUT2D eigenvalue weighted by atomic mass is 16.5. The Hall–Kier alpha value is -3.58. The highest BCUT2D eigenvalue weighted by Gasteiger charge is 2.04. The number of ether oxygens (including phenoxy) is 1. The molecule has 0 heterocycles. The lowest BCUT2D eigenvalue weighted by Gasteiger charge is -2.09. The number of fused-ring (bicyclic) bond motifs is 1. The summed E-state index contributed by atoms with van der Waals surface area (Å²) in [6.07, 6.45) is 1.46. The molecule has 3 aromatic rings. The number of nitriles is 1. The van der Waals surface area contributed by atoms with Crippen LogP contribution in [0.5, 0.6) is 5.75 Å². The molecule has 25 heavy (non-hydrogen) atoms. The molecule has 3 aromatic carbocycles. The zero-order valence-electron chi connectivity index (χ0n) is 13.5. The SMILES string of the molecule is N#CC(=Cc1ccc(OCc2cccc3ccccc23)cc1)C(N)=O. The summed E-state index contributed by atoms with van der Waals surface area (Å²) in [6.45, 7) is 0.460. The van der Waals surface area contributed by atoms with E-state index in [2.05, 4.69) is 18.2 Å². The van der Waals surface area contributed by atoms with Crippen molar-refractivity contribution in [1.82, 2.24) is 0 Å². The molecule has 0 aromatic heterocycles. The van der Waals surface area contributed by atoms with Crippen LogP contribution in [0.4, 0.5) is 0 Å². The summed E-state index contributed by atoms with van der Waals surface area (Å²) in [4.78, 5) is 11.1. The van der Waals surface area contributed by atoms with E-state index in [-0.39, 0.29) is 5.57 Å². The average Bonchev–Trinajstić information content (AvgIpc) is 2.65. The smallest absolute Gasteiger partial charge is 0.259 e. The number of hydrogen-bond donors (Lipinski definition) is 1. The number of nitrogens with zero attached hydrogens (tertiary/aromatic N) is 1. The maximum Gasteiger partial charge on any atom is 0.259 e. The lowest BCUT2D eigenvalue weighted by molar-refractivity contribution is -0.114. The second kappa shape index (κ2) is 7.33. The van der Waals surface area contributed by atoms with Crippen molar-refractivity contribution in [3.05, 3.63) is 83.4 Å². The lowest BCUT2D eigenvalue weighted by Crippen LogP contribution is -2.12. The van der Waals surface area contributed by atoms with Crippen molar-refractivity contribution in [2.75, 3.05) is 0 Å². The van der Waals surface area contributed by atoms with Crippen LogP contribution in [-0.4, -0.2) is 5.91 Å². The molecule has 4 nitrogen and oxygen atoms in total. The van der Waals surface area contributed by atoms with Crippen LogP contribution < -0.4 is 10.5 Å². The van der Waals surface area contributed by atoms with E-state index >= 15 is 0 Å². The first-order valence-electron chi connectivity index (χ1n) is 7.78. The average molecular weight is 328 g/mol. The second-order valence-corrected chi connectivity index (χ2v) is 5.53. The molecule has 0 unspecified atom stereocenters. The molecule has 0 bridgehead atoms. The number of carbonyl (C=O) groups is 1. The largest absolute Gasteiger partial charge is 0.489 e. The van der Waals surface area contributed by atoms with Crippen LogP contribution in [0.1, 0.15) is 11.1 Å². The van der Waals surface area contributed by atoms with E-state index in [4.69, 9.17) is 15.7 Å². The van der Waals surface area contributed by atoms with Crippen molar-refractivity contribution in [2.45, 2.75) is 6.61 Å². The molecule has 0 aliphatic carbocycles. The maximum absolute atomic E-state index is 11.1. The van der Waals surface area contributed by atoms with Crippen molar-refractivity contribution in [2.24, 2.45) is 5.73 Å². The Morgan fingerprint density at radius 2 is 1.76 bits per heavy atom. The van der Waals surface area contributed by atoms with E-state index in [1.165, 1.54) is 16.8 Å². The van der Waals surface area contributed by atoms with Crippen LogP contribution in [-0.2, 0) is 11.4 Å². The third-order valence-corrected chi connectivity index (χ3v) is 3.85. The van der Waals surface area contributed by atoms with Gasteiger partial charge in [-0.25, -0.2) is 0 Å². The van der Waals surface area contributed by atoms with Crippen molar-refractivity contribution >= 4 is 22.8 Å². The predicted molar refractivity (Wildman–Crippen MR) is 97.5 cm³/mol. The minimum Gasteiger partial charge on any atom is -0.489 e. The standard InChI is InChI=1S/C21H16N2O2/c22-13-18(21(23)24)12-15-8-10-19(11-9-15)25-14-17-6-3-5-16-4-1-2-7-20(16)17/h1-12H,14H2,(H2,23,24). The monoisotopic (exact) mass is 328 g/mol. The summed E-state index contributed by atoms with van der Waals surface area (Å²) in [5.41, 5.74) is 6.88. The van der Waals surface area contributed by atoms with Crippen molar-refractivity contribution in [3.63, 3.8) is 0 Å². The maximum atomic E-state index is 11.1. The zero-order chi connectivity index (χ0) is 17.6. The Bertz CT molecular complexity index is 977. The van der Waals surface area contributed by atoms with Gasteiger partial charge in [-0.15, -0.1) is 0 Å². The Labute approximate surface area is 145 Å². The van der Waals surface area contributed by atoms with Gasteiger partial charge in [-0.3, -0.25) is 4.79 Å². The topological polar surface area (TPSA) is 76.1 Å². The molecule has 0 fully saturated rings. The fourth-order valence-corrected chi connectivity index (χ4v) is 2.56. The molecule has 0 saturated carbocycles. The number of primary amides is 1. The Morgan fingerprint density at radius 1 is 1.04 bits per heavy atom. The summed E-state index contributed by atoms with van der Waals surface area (Å²) in [5, 5.41) is 11.2. The second-order valence-electron chi connectivity index (χ2n) is 5.53. The number of nitrogens with two attached hydrogens (primary N) is 1. The molecule has 2 N–H and O–H groups in total. The number of hydrogen-bond acceptors (Lipinski definition) is 3. The predicted octanol–water partition coefficient (Wildman–Crippen LogP) is 3.81. The van der Waals surface area contributed by atoms with Crippen LogP contribution >= 0.6 is 0 Å². The first-order chi connectivity index (χ1) is 12.2. The lowest BCUT2D eigenvalue weighted by atomic mass is 10.1. The van der Waals surface area contributed by atoms with Crippen LogP contribution in [0.3, 0.4) is 0 Å². The summed E-state index contributed by atoms with van der Waals surface area (Å²) in [7, 11) is 0. The van der Waals surface area contributed by atoms with Gasteiger partial charge in [0.1, 0.15) is 24.0 Å². The van der Waals surface area contributed by atoms with Crippen LogP contribution in [0.25, 0.3) is 16.8 Å². The van der Waals surface area contributed by atoms with Gasteiger partial charge in [-0.2, -0.15) is 5.26 Å². The Morgan fingerprint density at radius 3 is 2.48 bits per heavy atom. The van der Waals surface area contributed by atoms with E-state index in [1.807, 2.05) is 24.3 Å². The van der Waals surface area contributed by atoms with Gasteiger partial charge in [0.05, 0.1) is 0 Å². The highest BCUT2D eigenvalue weighted by Crippen LogP contribution is 2.21. The third-order valence-electron chi connectivity index (χ3n) is 3.85. The van der Waals surface area contributed by atoms with Crippen LogP contribution in [0, 0.1) is 11.3 Å². The molecule has 1 amide bonds. The van der Waals surface area contributed by atoms with Crippen molar-refractivity contribution < 1.29 is 9.53 Å². The van der Waals surface area contributed by atoms with Gasteiger partial charge in [0.15, 0.2) is 0 Å². The molecule has 0 aliphatic rings. The van der Waals surface area contributed by atoms with E-state index < -0.39 is 5.91 Å². The van der Waals surface area contributed by atoms with Crippen LogP contribution in [0.2, 0.25) is 0 Å². The molecule has 0 saturated heterocycles. The van der Waals surface area contributed by atoms with Gasteiger partial charge < -0.3 is 10.5 Å². The van der Waals surface area contributed by atoms with E-state index in [0.717, 1.165) is 5.56 Å². The number of rotatable bonds is 5. The van der Waals surface area contributed by atoms with E-state index in [9.17, 15) is 4.79 Å². The van der Waals surface area contributed by atoms with Crippen molar-refractivity contribution in [1.29, 1.82) is 5.26 Å². The minimum atomic E-state index is -0.737. The first kappa shape index (κ1) is 16.3. The third kappa shape index (κ3) is 3.85. The van der Waals surface area contributed by atoms with Gasteiger partial charge in [0.2, 0.25) is 0 Å². The Kier molecular flexibility index (Phi) is 4.77. The zero-order valence-corrected chi connectivity index (χ0v) is 13.5. The fraction of sp³-hybridized carbons (Fsp3) is 0.0476.